The lowest BCUT2D eigenvalue weighted by molar-refractivity contribution is 0.410. The number of aromatic nitrogens is 3. The molecule has 39 heavy (non-hydrogen) atoms. The van der Waals surface area contributed by atoms with Crippen LogP contribution in [-0.2, 0) is 10.0 Å². The number of benzene rings is 2. The van der Waals surface area contributed by atoms with E-state index in [1.54, 1.807) is 18.5 Å². The third-order valence-electron chi connectivity index (χ3n) is 6.95. The fraction of sp³-hybridized carbons (Fsp3) is 0.345. The van der Waals surface area contributed by atoms with Crippen molar-refractivity contribution in [3.05, 3.63) is 66.5 Å². The van der Waals surface area contributed by atoms with Gasteiger partial charge in [-0.1, -0.05) is 31.2 Å². The normalized spacial score (nSPS) is 17.6. The lowest BCUT2D eigenvalue weighted by Gasteiger charge is -2.26. The van der Waals surface area contributed by atoms with Crippen molar-refractivity contribution in [1.29, 1.82) is 0 Å². The molecule has 9 nitrogen and oxygen atoms in total. The maximum atomic E-state index is 12.5. The van der Waals surface area contributed by atoms with Gasteiger partial charge in [-0.15, -0.1) is 0 Å². The quantitative estimate of drug-likeness (QED) is 0.246. The Balaban J connectivity index is 1.47. The summed E-state index contributed by atoms with van der Waals surface area (Å²) in [7, 11) is -3.45. The number of hydrogen-bond acceptors (Lipinski definition) is 8. The van der Waals surface area contributed by atoms with Crippen molar-refractivity contribution in [3.63, 3.8) is 0 Å². The fourth-order valence-corrected chi connectivity index (χ4v) is 6.09. The molecular weight excluding hydrogens is 512 g/mol. The number of hydrogen-bond donors (Lipinski definition) is 3. The maximum absolute atomic E-state index is 12.5. The van der Waals surface area contributed by atoms with Gasteiger partial charge < -0.3 is 15.8 Å². The van der Waals surface area contributed by atoms with Gasteiger partial charge in [0.1, 0.15) is 5.75 Å². The van der Waals surface area contributed by atoms with Crippen LogP contribution in [-0.4, -0.2) is 41.2 Å². The summed E-state index contributed by atoms with van der Waals surface area (Å²) in [5, 5.41) is 4.98. The predicted molar refractivity (Wildman–Crippen MR) is 156 cm³/mol. The highest BCUT2D eigenvalue weighted by Gasteiger charge is 2.20. The molecule has 2 aromatic heterocycles. The smallest absolute Gasteiger partial charge is 0.232 e. The zero-order valence-corrected chi connectivity index (χ0v) is 23.0. The first-order valence-corrected chi connectivity index (χ1v) is 15.0. The topological polar surface area (TPSA) is 132 Å². The molecule has 0 atom stereocenters. The minimum absolute atomic E-state index is 0.0555. The fourth-order valence-electron chi connectivity index (χ4n) is 4.94. The number of ether oxygens (including phenoxy) is 1. The van der Waals surface area contributed by atoms with E-state index in [1.807, 2.05) is 56.3 Å². The highest BCUT2D eigenvalue weighted by Crippen LogP contribution is 2.38. The third-order valence-corrected chi connectivity index (χ3v) is 8.43. The van der Waals surface area contributed by atoms with Gasteiger partial charge >= 0.3 is 0 Å². The van der Waals surface area contributed by atoms with Gasteiger partial charge in [0.15, 0.2) is 0 Å². The van der Waals surface area contributed by atoms with E-state index in [1.165, 1.54) is 0 Å². The number of nitrogens with two attached hydrogens (primary N) is 1. The van der Waals surface area contributed by atoms with Crippen molar-refractivity contribution in [3.8, 4) is 22.9 Å². The molecule has 0 radical (unpaired) electrons. The first-order valence-electron chi connectivity index (χ1n) is 13.3. The van der Waals surface area contributed by atoms with Gasteiger partial charge in [-0.05, 0) is 68.9 Å². The van der Waals surface area contributed by atoms with Crippen LogP contribution < -0.4 is 20.5 Å². The van der Waals surface area contributed by atoms with Crippen molar-refractivity contribution in [2.24, 2.45) is 5.73 Å². The van der Waals surface area contributed by atoms with Crippen LogP contribution in [0.3, 0.4) is 0 Å². The Bertz CT molecular complexity index is 1570. The van der Waals surface area contributed by atoms with Crippen LogP contribution in [0.25, 0.3) is 22.0 Å². The average molecular weight is 547 g/mol. The molecule has 4 N–H and O–H groups in total. The molecule has 204 valence electrons. The summed E-state index contributed by atoms with van der Waals surface area (Å²) in [4.78, 5) is 13.7. The summed E-state index contributed by atoms with van der Waals surface area (Å²) in [5.74, 6) is 1.63. The molecule has 10 heteroatoms. The van der Waals surface area contributed by atoms with Crippen molar-refractivity contribution >= 4 is 32.4 Å². The molecule has 1 fully saturated rings. The molecule has 0 amide bonds. The zero-order chi connectivity index (χ0) is 27.4. The van der Waals surface area contributed by atoms with E-state index in [0.29, 0.717) is 41.4 Å². The van der Waals surface area contributed by atoms with E-state index < -0.39 is 10.0 Å². The summed E-state index contributed by atoms with van der Waals surface area (Å²) < 4.78 is 34.1. The van der Waals surface area contributed by atoms with E-state index in [0.717, 1.165) is 47.6 Å². The summed E-state index contributed by atoms with van der Waals surface area (Å²) in [6.07, 6.45) is 7.91. The number of nitrogens with zero attached hydrogens (tertiary/aromatic N) is 3. The molecule has 0 aliphatic heterocycles. The largest absolute Gasteiger partial charge is 0.437 e. The Kier molecular flexibility index (Phi) is 7.94. The number of fused-ring (bicyclic) bond motifs is 1. The Hall–Kier alpha value is -3.76. The summed E-state index contributed by atoms with van der Waals surface area (Å²) in [6.45, 7) is 3.79. The van der Waals surface area contributed by atoms with E-state index in [9.17, 15) is 8.42 Å². The minimum Gasteiger partial charge on any atom is -0.437 e. The van der Waals surface area contributed by atoms with Gasteiger partial charge in [-0.2, -0.15) is 0 Å². The molecule has 5 rings (SSSR count). The Morgan fingerprint density at radius 3 is 2.59 bits per heavy atom. The molecule has 0 spiro atoms. The molecule has 0 saturated heterocycles. The number of nitrogens with one attached hydrogen (secondary N) is 2. The standard InChI is InChI=1S/C29H34N6O3S/c1-3-18-39(36,37)35-26-8-4-6-23-22(26)14-9-19(2)27(23)38-28-24(7-5-16-31-28)25-15-17-32-29(34-25)33-21-12-10-20(30)11-13-21/h4-9,14-17,20-21,35H,3,10-13,18,30H2,1-2H3,(H,32,33,34). The molecular formula is C29H34N6O3S. The monoisotopic (exact) mass is 546 g/mol. The van der Waals surface area contributed by atoms with Crippen LogP contribution in [0.1, 0.15) is 44.6 Å². The van der Waals surface area contributed by atoms with Gasteiger partial charge in [0.05, 0.1) is 22.7 Å². The van der Waals surface area contributed by atoms with Crippen LogP contribution in [0.5, 0.6) is 11.6 Å². The average Bonchev–Trinajstić information content (AvgIpc) is 2.92. The van der Waals surface area contributed by atoms with E-state index in [-0.39, 0.29) is 11.8 Å². The number of rotatable bonds is 9. The van der Waals surface area contributed by atoms with Gasteiger partial charge in [0.25, 0.3) is 0 Å². The Morgan fingerprint density at radius 2 is 1.79 bits per heavy atom. The van der Waals surface area contributed by atoms with Crippen molar-refractivity contribution in [2.45, 2.75) is 58.0 Å². The number of sulfonamides is 1. The molecule has 4 aromatic rings. The van der Waals surface area contributed by atoms with Crippen LogP contribution in [0.4, 0.5) is 11.6 Å². The number of aryl methyl sites for hydroxylation is 1. The minimum atomic E-state index is -3.45. The third kappa shape index (κ3) is 6.29. The molecule has 0 bridgehead atoms. The van der Waals surface area contributed by atoms with Gasteiger partial charge in [-0.3, -0.25) is 4.72 Å². The van der Waals surface area contributed by atoms with Crippen LogP contribution in [0, 0.1) is 6.92 Å². The highest BCUT2D eigenvalue weighted by molar-refractivity contribution is 7.92. The first kappa shape index (κ1) is 26.8. The molecule has 1 aliphatic rings. The Morgan fingerprint density at radius 1 is 0.974 bits per heavy atom. The number of pyridine rings is 1. The molecule has 1 saturated carbocycles. The van der Waals surface area contributed by atoms with Crippen molar-refractivity contribution in [1.82, 2.24) is 15.0 Å². The van der Waals surface area contributed by atoms with Crippen LogP contribution in [0.15, 0.2) is 60.9 Å². The SMILES string of the molecule is CCCS(=O)(=O)Nc1cccc2c(Oc3ncccc3-c3ccnc(NC4CCC(N)CC4)n3)c(C)ccc12. The summed E-state index contributed by atoms with van der Waals surface area (Å²) >= 11 is 0. The summed E-state index contributed by atoms with van der Waals surface area (Å²) in [6, 6.07) is 15.5. The Labute approximate surface area is 229 Å². The molecule has 0 unspecified atom stereocenters. The summed E-state index contributed by atoms with van der Waals surface area (Å²) in [5.41, 5.74) is 8.88. The van der Waals surface area contributed by atoms with Gasteiger partial charge in [0, 0.05) is 35.2 Å². The zero-order valence-electron chi connectivity index (χ0n) is 22.2. The van der Waals surface area contributed by atoms with Gasteiger partial charge in [0.2, 0.25) is 21.9 Å². The van der Waals surface area contributed by atoms with Crippen molar-refractivity contribution in [2.75, 3.05) is 15.8 Å². The predicted octanol–water partition coefficient (Wildman–Crippen LogP) is 5.63. The molecule has 2 aromatic carbocycles. The lowest BCUT2D eigenvalue weighted by atomic mass is 9.92. The molecule has 1 aliphatic carbocycles. The van der Waals surface area contributed by atoms with E-state index >= 15 is 0 Å². The second-order valence-corrected chi connectivity index (χ2v) is 11.9. The van der Waals surface area contributed by atoms with E-state index in [4.69, 9.17) is 15.5 Å². The second-order valence-electron chi connectivity index (χ2n) is 10.0. The van der Waals surface area contributed by atoms with Crippen molar-refractivity contribution < 1.29 is 13.2 Å². The van der Waals surface area contributed by atoms with Gasteiger partial charge in [-0.25, -0.2) is 23.4 Å². The number of anilines is 2. The van der Waals surface area contributed by atoms with Crippen LogP contribution in [0.2, 0.25) is 0 Å². The highest BCUT2D eigenvalue weighted by atomic mass is 32.2. The first-order chi connectivity index (χ1) is 18.8. The lowest BCUT2D eigenvalue weighted by Crippen LogP contribution is -2.33. The second kappa shape index (κ2) is 11.5. The maximum Gasteiger partial charge on any atom is 0.232 e. The van der Waals surface area contributed by atoms with E-state index in [2.05, 4.69) is 20.0 Å². The van der Waals surface area contributed by atoms with Crippen LogP contribution >= 0.6 is 0 Å². The molecule has 2 heterocycles.